The highest BCUT2D eigenvalue weighted by molar-refractivity contribution is 5.39. The minimum atomic E-state index is 0.299. The summed E-state index contributed by atoms with van der Waals surface area (Å²) in [6.45, 7) is 5.20. The maximum atomic E-state index is 5.12. The molecule has 0 unspecified atom stereocenters. The summed E-state index contributed by atoms with van der Waals surface area (Å²) in [5.74, 6) is 1.74. The van der Waals surface area contributed by atoms with E-state index in [0.717, 1.165) is 6.54 Å². The molecule has 0 spiro atoms. The number of nitrogens with zero attached hydrogens (tertiary/aromatic N) is 3. The second-order valence-corrected chi connectivity index (χ2v) is 4.94. The van der Waals surface area contributed by atoms with Crippen LogP contribution in [-0.2, 0) is 0 Å². The van der Waals surface area contributed by atoms with Crippen LogP contribution in [0, 0.1) is 5.92 Å². The van der Waals surface area contributed by atoms with Crippen molar-refractivity contribution in [3.05, 3.63) is 6.07 Å². The Kier molecular flexibility index (Phi) is 5.82. The molecule has 0 aliphatic rings. The zero-order chi connectivity index (χ0) is 14.4. The fraction of sp³-hybridized carbons (Fsp3) is 0.692. The first-order valence-electron chi connectivity index (χ1n) is 6.35. The van der Waals surface area contributed by atoms with Crippen molar-refractivity contribution < 1.29 is 9.47 Å². The van der Waals surface area contributed by atoms with Gasteiger partial charge in [-0.15, -0.1) is 0 Å². The first-order chi connectivity index (χ1) is 8.97. The molecule has 0 fully saturated rings. The van der Waals surface area contributed by atoms with Crippen molar-refractivity contribution in [3.8, 4) is 11.9 Å². The van der Waals surface area contributed by atoms with E-state index in [9.17, 15) is 0 Å². The van der Waals surface area contributed by atoms with Gasteiger partial charge in [-0.2, -0.15) is 9.97 Å². The lowest BCUT2D eigenvalue weighted by molar-refractivity contribution is 0.243. The molecule has 1 N–H and O–H groups in total. The van der Waals surface area contributed by atoms with Crippen LogP contribution in [0.5, 0.6) is 11.9 Å². The molecule has 0 saturated carbocycles. The van der Waals surface area contributed by atoms with Gasteiger partial charge in [-0.05, 0) is 20.0 Å². The minimum absolute atomic E-state index is 0.299. The van der Waals surface area contributed by atoms with E-state index in [4.69, 9.17) is 9.47 Å². The lowest BCUT2D eigenvalue weighted by atomic mass is 10.0. The van der Waals surface area contributed by atoms with Gasteiger partial charge in [0.2, 0.25) is 5.88 Å². The topological polar surface area (TPSA) is 59.5 Å². The Morgan fingerprint density at radius 1 is 1.21 bits per heavy atom. The average Bonchev–Trinajstić information content (AvgIpc) is 2.37. The van der Waals surface area contributed by atoms with Crippen molar-refractivity contribution >= 4 is 5.82 Å². The lowest BCUT2D eigenvalue weighted by Crippen LogP contribution is -2.38. The summed E-state index contributed by atoms with van der Waals surface area (Å²) in [5, 5.41) is 3.30. The molecule has 0 aromatic carbocycles. The normalized spacial score (nSPS) is 12.6. The zero-order valence-electron chi connectivity index (χ0n) is 12.6. The molecule has 1 atom stereocenters. The van der Waals surface area contributed by atoms with Gasteiger partial charge in [0.05, 0.1) is 14.2 Å². The lowest BCUT2D eigenvalue weighted by Gasteiger charge is -2.28. The van der Waals surface area contributed by atoms with Gasteiger partial charge in [0.15, 0.2) is 0 Å². The Hall–Kier alpha value is -1.56. The molecule has 0 saturated heterocycles. The predicted octanol–water partition coefficient (Wildman–Crippen LogP) is 1.49. The van der Waals surface area contributed by atoms with E-state index in [2.05, 4.69) is 48.1 Å². The van der Waals surface area contributed by atoms with Crippen molar-refractivity contribution in [2.24, 2.45) is 5.92 Å². The molecule has 108 valence electrons. The number of hydrogen-bond acceptors (Lipinski definition) is 6. The number of ether oxygens (including phenoxy) is 2. The third-order valence-corrected chi connectivity index (χ3v) is 3.00. The van der Waals surface area contributed by atoms with E-state index in [-0.39, 0.29) is 0 Å². The molecule has 19 heavy (non-hydrogen) atoms. The van der Waals surface area contributed by atoms with Crippen molar-refractivity contribution in [1.82, 2.24) is 14.9 Å². The highest BCUT2D eigenvalue weighted by atomic mass is 16.5. The summed E-state index contributed by atoms with van der Waals surface area (Å²) in [4.78, 5) is 10.5. The van der Waals surface area contributed by atoms with Gasteiger partial charge in [-0.25, -0.2) is 0 Å². The van der Waals surface area contributed by atoms with E-state index in [1.807, 2.05) is 0 Å². The summed E-state index contributed by atoms with van der Waals surface area (Å²) in [5.41, 5.74) is 0. The Balaban J connectivity index is 2.76. The Morgan fingerprint density at radius 3 is 2.37 bits per heavy atom. The van der Waals surface area contributed by atoms with Crippen LogP contribution in [0.25, 0.3) is 0 Å². The maximum Gasteiger partial charge on any atom is 0.321 e. The largest absolute Gasteiger partial charge is 0.481 e. The van der Waals surface area contributed by atoms with E-state index >= 15 is 0 Å². The molecule has 1 aromatic heterocycles. The molecule has 0 aliphatic heterocycles. The standard InChI is InChI=1S/C13H24N4O2/c1-9(2)10(17(3)4)8-14-11-7-12(18-5)16-13(15-11)19-6/h7,9-10H,8H2,1-6H3,(H,14,15,16)/t10-/m1/s1. The van der Waals surface area contributed by atoms with Crippen LogP contribution in [0.3, 0.4) is 0 Å². The quantitative estimate of drug-likeness (QED) is 0.808. The fourth-order valence-electron chi connectivity index (χ4n) is 1.91. The van der Waals surface area contributed by atoms with Crippen LogP contribution in [-0.4, -0.2) is 55.8 Å². The van der Waals surface area contributed by atoms with Gasteiger partial charge in [0, 0.05) is 18.7 Å². The first kappa shape index (κ1) is 15.5. The summed E-state index contributed by atoms with van der Waals surface area (Å²) < 4.78 is 10.2. The number of aromatic nitrogens is 2. The maximum absolute atomic E-state index is 5.12. The monoisotopic (exact) mass is 268 g/mol. The van der Waals surface area contributed by atoms with Gasteiger partial charge < -0.3 is 19.7 Å². The fourth-order valence-corrected chi connectivity index (χ4v) is 1.91. The first-order valence-corrected chi connectivity index (χ1v) is 6.35. The molecule has 0 bridgehead atoms. The molecule has 0 radical (unpaired) electrons. The number of nitrogens with one attached hydrogen (secondary N) is 1. The van der Waals surface area contributed by atoms with Gasteiger partial charge >= 0.3 is 6.01 Å². The van der Waals surface area contributed by atoms with Gasteiger partial charge in [-0.3, -0.25) is 0 Å². The number of rotatable bonds is 7. The predicted molar refractivity (Wildman–Crippen MR) is 75.9 cm³/mol. The molecular formula is C13H24N4O2. The molecule has 0 amide bonds. The summed E-state index contributed by atoms with van der Waals surface area (Å²) >= 11 is 0. The van der Waals surface area contributed by atoms with Gasteiger partial charge in [-0.1, -0.05) is 13.8 Å². The van der Waals surface area contributed by atoms with Crippen molar-refractivity contribution in [2.75, 3.05) is 40.2 Å². The van der Waals surface area contributed by atoms with E-state index < -0.39 is 0 Å². The second kappa shape index (κ2) is 7.13. The molecule has 6 nitrogen and oxygen atoms in total. The third-order valence-electron chi connectivity index (χ3n) is 3.00. The highest BCUT2D eigenvalue weighted by Crippen LogP contribution is 2.17. The zero-order valence-corrected chi connectivity index (χ0v) is 12.6. The Morgan fingerprint density at radius 2 is 1.89 bits per heavy atom. The molecule has 0 aliphatic carbocycles. The summed E-state index contributed by atoms with van der Waals surface area (Å²) in [6.07, 6.45) is 0. The number of methoxy groups -OCH3 is 2. The number of likely N-dealkylation sites (N-methyl/N-ethyl adjacent to an activating group) is 1. The van der Waals surface area contributed by atoms with Gasteiger partial charge in [0.1, 0.15) is 5.82 Å². The smallest absolute Gasteiger partial charge is 0.321 e. The van der Waals surface area contributed by atoms with Crippen molar-refractivity contribution in [1.29, 1.82) is 0 Å². The Bertz CT molecular complexity index is 366. The van der Waals surface area contributed by atoms with E-state index in [0.29, 0.717) is 29.7 Å². The molecule has 1 aromatic rings. The van der Waals surface area contributed by atoms with Crippen LogP contribution in [0.4, 0.5) is 5.82 Å². The number of anilines is 1. The Labute approximate surface area is 115 Å². The third kappa shape index (κ3) is 4.55. The van der Waals surface area contributed by atoms with E-state index in [1.165, 1.54) is 7.11 Å². The molecule has 6 heteroatoms. The second-order valence-electron chi connectivity index (χ2n) is 4.94. The summed E-state index contributed by atoms with van der Waals surface area (Å²) in [6, 6.07) is 2.48. The van der Waals surface area contributed by atoms with Crippen molar-refractivity contribution in [3.63, 3.8) is 0 Å². The number of hydrogen-bond donors (Lipinski definition) is 1. The molecule has 1 rings (SSSR count). The highest BCUT2D eigenvalue weighted by Gasteiger charge is 2.16. The van der Waals surface area contributed by atoms with E-state index in [1.54, 1.807) is 13.2 Å². The van der Waals surface area contributed by atoms with Gasteiger partial charge in [0.25, 0.3) is 0 Å². The van der Waals surface area contributed by atoms with Crippen LogP contribution in [0.1, 0.15) is 13.8 Å². The minimum Gasteiger partial charge on any atom is -0.481 e. The van der Waals surface area contributed by atoms with Crippen molar-refractivity contribution in [2.45, 2.75) is 19.9 Å². The van der Waals surface area contributed by atoms with Crippen LogP contribution >= 0.6 is 0 Å². The SMILES string of the molecule is COc1cc(NC[C@H](C(C)C)N(C)C)nc(OC)n1. The van der Waals surface area contributed by atoms with Crippen LogP contribution in [0.15, 0.2) is 6.07 Å². The summed E-state index contributed by atoms with van der Waals surface area (Å²) in [7, 11) is 7.26. The van der Waals surface area contributed by atoms with Crippen LogP contribution in [0.2, 0.25) is 0 Å². The molecular weight excluding hydrogens is 244 g/mol. The van der Waals surface area contributed by atoms with Crippen LogP contribution < -0.4 is 14.8 Å². The average molecular weight is 268 g/mol. The molecule has 1 heterocycles.